The van der Waals surface area contributed by atoms with E-state index < -0.39 is 5.91 Å². The van der Waals surface area contributed by atoms with Gasteiger partial charge < -0.3 is 11.1 Å². The van der Waals surface area contributed by atoms with Crippen LogP contribution in [0.25, 0.3) is 0 Å². The van der Waals surface area contributed by atoms with Gasteiger partial charge in [0.2, 0.25) is 0 Å². The highest BCUT2D eigenvalue weighted by molar-refractivity contribution is 7.98. The number of amides is 1. The van der Waals surface area contributed by atoms with Crippen LogP contribution in [-0.4, -0.2) is 34.7 Å². The molecule has 0 aliphatic heterocycles. The first kappa shape index (κ1) is 12.8. The van der Waals surface area contributed by atoms with Gasteiger partial charge in [-0.2, -0.15) is 11.8 Å². The first-order valence-corrected chi connectivity index (χ1v) is 6.39. The average Bonchev–Trinajstić information content (AvgIpc) is 2.27. The van der Waals surface area contributed by atoms with Gasteiger partial charge in [0.05, 0.1) is 0 Å². The molecular formula is C10H16N4OS. The monoisotopic (exact) mass is 240 g/mol. The van der Waals surface area contributed by atoms with Crippen molar-refractivity contribution in [3.8, 4) is 0 Å². The Balaban J connectivity index is 2.46. The van der Waals surface area contributed by atoms with Crippen LogP contribution in [0.5, 0.6) is 0 Å². The second-order valence-corrected chi connectivity index (χ2v) is 4.52. The first-order chi connectivity index (χ1) is 7.63. The van der Waals surface area contributed by atoms with E-state index in [4.69, 9.17) is 5.73 Å². The fourth-order valence-corrected chi connectivity index (χ4v) is 1.87. The predicted octanol–water partition coefficient (Wildman–Crippen LogP) is 0.986. The van der Waals surface area contributed by atoms with Gasteiger partial charge in [0, 0.05) is 6.54 Å². The molecule has 88 valence electrons. The number of thioether (sulfide) groups is 1. The Morgan fingerprint density at radius 2 is 2.31 bits per heavy atom. The van der Waals surface area contributed by atoms with E-state index in [1.165, 1.54) is 0 Å². The lowest BCUT2D eigenvalue weighted by molar-refractivity contribution is 0.0994. The molecule has 1 aromatic heterocycles. The van der Waals surface area contributed by atoms with Crippen molar-refractivity contribution in [3.63, 3.8) is 0 Å². The van der Waals surface area contributed by atoms with Crippen molar-refractivity contribution in [1.29, 1.82) is 0 Å². The van der Waals surface area contributed by atoms with Gasteiger partial charge in [-0.15, -0.1) is 10.2 Å². The fraction of sp³-hybridized carbons (Fsp3) is 0.500. The van der Waals surface area contributed by atoms with Crippen LogP contribution in [0, 0.1) is 5.92 Å². The van der Waals surface area contributed by atoms with E-state index in [9.17, 15) is 4.79 Å². The lowest BCUT2D eigenvalue weighted by atomic mass is 10.2. The summed E-state index contributed by atoms with van der Waals surface area (Å²) in [6.07, 6.45) is 2.08. The van der Waals surface area contributed by atoms with Crippen molar-refractivity contribution in [2.24, 2.45) is 11.7 Å². The van der Waals surface area contributed by atoms with Crippen molar-refractivity contribution in [2.75, 3.05) is 23.9 Å². The number of hydrogen-bond acceptors (Lipinski definition) is 5. The molecule has 5 nitrogen and oxygen atoms in total. The molecule has 0 bridgehead atoms. The number of carbonyl (C=O) groups excluding carboxylic acids is 1. The summed E-state index contributed by atoms with van der Waals surface area (Å²) < 4.78 is 0. The Morgan fingerprint density at radius 1 is 1.56 bits per heavy atom. The van der Waals surface area contributed by atoms with Crippen LogP contribution < -0.4 is 11.1 Å². The zero-order valence-corrected chi connectivity index (χ0v) is 10.3. The number of nitrogens with two attached hydrogens (primary N) is 1. The summed E-state index contributed by atoms with van der Waals surface area (Å²) in [4.78, 5) is 10.8. The average molecular weight is 240 g/mol. The van der Waals surface area contributed by atoms with Crippen molar-refractivity contribution in [1.82, 2.24) is 10.2 Å². The molecule has 0 saturated heterocycles. The highest BCUT2D eigenvalue weighted by Crippen LogP contribution is 2.07. The molecule has 0 radical (unpaired) electrons. The quantitative estimate of drug-likeness (QED) is 0.775. The molecule has 16 heavy (non-hydrogen) atoms. The van der Waals surface area contributed by atoms with Crippen LogP contribution >= 0.6 is 11.8 Å². The summed E-state index contributed by atoms with van der Waals surface area (Å²) >= 11 is 1.81. The minimum absolute atomic E-state index is 0.183. The molecule has 3 N–H and O–H groups in total. The minimum atomic E-state index is -0.560. The maximum atomic E-state index is 10.8. The molecule has 0 saturated carbocycles. The molecule has 1 amide bonds. The number of primary amides is 1. The molecule has 6 heteroatoms. The van der Waals surface area contributed by atoms with Gasteiger partial charge in [-0.3, -0.25) is 4.79 Å². The van der Waals surface area contributed by atoms with Crippen molar-refractivity contribution in [3.05, 3.63) is 17.8 Å². The zero-order valence-electron chi connectivity index (χ0n) is 9.43. The smallest absolute Gasteiger partial charge is 0.269 e. The van der Waals surface area contributed by atoms with Gasteiger partial charge >= 0.3 is 0 Å². The van der Waals surface area contributed by atoms with E-state index in [2.05, 4.69) is 28.7 Å². The molecule has 0 aromatic carbocycles. The molecule has 1 unspecified atom stereocenters. The summed E-state index contributed by atoms with van der Waals surface area (Å²) in [7, 11) is 0. The van der Waals surface area contributed by atoms with Gasteiger partial charge in [0.25, 0.3) is 5.91 Å². The SMILES string of the molecule is CSCC(C)CNc1ccc(C(N)=O)nn1. The molecule has 0 fully saturated rings. The third-order valence-electron chi connectivity index (χ3n) is 2.00. The second-order valence-electron chi connectivity index (χ2n) is 3.61. The van der Waals surface area contributed by atoms with Gasteiger partial charge in [-0.05, 0) is 30.1 Å². The van der Waals surface area contributed by atoms with Crippen LogP contribution in [0.1, 0.15) is 17.4 Å². The predicted molar refractivity (Wildman–Crippen MR) is 66.6 cm³/mol. The van der Waals surface area contributed by atoms with Crippen molar-refractivity contribution >= 4 is 23.5 Å². The number of nitrogens with zero attached hydrogens (tertiary/aromatic N) is 2. The standard InChI is InChI=1S/C10H16N4OS/c1-7(6-16-2)5-12-9-4-3-8(10(11)15)13-14-9/h3-4,7H,5-6H2,1-2H3,(H2,11,15)(H,12,14). The maximum absolute atomic E-state index is 10.8. The van der Waals surface area contributed by atoms with Gasteiger partial charge in [-0.1, -0.05) is 6.92 Å². The Bertz CT molecular complexity index is 341. The van der Waals surface area contributed by atoms with Gasteiger partial charge in [-0.25, -0.2) is 0 Å². The van der Waals surface area contributed by atoms with E-state index in [1.807, 2.05) is 11.8 Å². The number of nitrogens with one attached hydrogen (secondary N) is 1. The Kier molecular flexibility index (Phi) is 5.04. The number of hydrogen-bond donors (Lipinski definition) is 2. The van der Waals surface area contributed by atoms with Crippen LogP contribution in [0.2, 0.25) is 0 Å². The van der Waals surface area contributed by atoms with E-state index in [0.717, 1.165) is 12.3 Å². The lowest BCUT2D eigenvalue weighted by Crippen LogP contribution is -2.16. The Labute approximate surface area is 99.2 Å². The summed E-state index contributed by atoms with van der Waals surface area (Å²) in [6, 6.07) is 3.27. The van der Waals surface area contributed by atoms with Gasteiger partial charge in [0.1, 0.15) is 5.82 Å². The summed E-state index contributed by atoms with van der Waals surface area (Å²) in [5, 5.41) is 10.7. The molecule has 0 aliphatic carbocycles. The highest BCUT2D eigenvalue weighted by atomic mass is 32.2. The third-order valence-corrected chi connectivity index (χ3v) is 2.90. The van der Waals surface area contributed by atoms with E-state index in [1.54, 1.807) is 12.1 Å². The summed E-state index contributed by atoms with van der Waals surface area (Å²) in [5.41, 5.74) is 5.24. The largest absolute Gasteiger partial charge is 0.368 e. The molecule has 1 rings (SSSR count). The second kappa shape index (κ2) is 6.32. The molecule has 1 heterocycles. The normalized spacial score (nSPS) is 12.1. The lowest BCUT2D eigenvalue weighted by Gasteiger charge is -2.10. The van der Waals surface area contributed by atoms with Crippen LogP contribution in [0.4, 0.5) is 5.82 Å². The third kappa shape index (κ3) is 4.06. The zero-order chi connectivity index (χ0) is 12.0. The van der Waals surface area contributed by atoms with Crippen LogP contribution in [-0.2, 0) is 0 Å². The Morgan fingerprint density at radius 3 is 2.81 bits per heavy atom. The molecule has 1 aromatic rings. The van der Waals surface area contributed by atoms with Gasteiger partial charge in [0.15, 0.2) is 5.69 Å². The van der Waals surface area contributed by atoms with E-state index in [0.29, 0.717) is 11.7 Å². The van der Waals surface area contributed by atoms with Crippen LogP contribution in [0.3, 0.4) is 0 Å². The number of aromatic nitrogens is 2. The maximum Gasteiger partial charge on any atom is 0.269 e. The number of carbonyl (C=O) groups is 1. The minimum Gasteiger partial charge on any atom is -0.368 e. The molecule has 1 atom stereocenters. The fourth-order valence-electron chi connectivity index (χ4n) is 1.18. The molecule has 0 spiro atoms. The Hall–Kier alpha value is -1.30. The summed E-state index contributed by atoms with van der Waals surface area (Å²) in [6.45, 7) is 3.00. The van der Waals surface area contributed by atoms with Crippen molar-refractivity contribution in [2.45, 2.75) is 6.92 Å². The van der Waals surface area contributed by atoms with E-state index >= 15 is 0 Å². The topological polar surface area (TPSA) is 80.9 Å². The first-order valence-electron chi connectivity index (χ1n) is 5.00. The van der Waals surface area contributed by atoms with Crippen molar-refractivity contribution < 1.29 is 4.79 Å². The highest BCUT2D eigenvalue weighted by Gasteiger charge is 2.04. The molecule has 0 aliphatic rings. The number of rotatable bonds is 6. The van der Waals surface area contributed by atoms with Crippen LogP contribution in [0.15, 0.2) is 12.1 Å². The van der Waals surface area contributed by atoms with E-state index in [-0.39, 0.29) is 5.69 Å². The summed E-state index contributed by atoms with van der Waals surface area (Å²) in [5.74, 6) is 1.76. The number of anilines is 1. The molecular weight excluding hydrogens is 224 g/mol.